The van der Waals surface area contributed by atoms with Gasteiger partial charge in [-0.1, -0.05) is 11.6 Å². The van der Waals surface area contributed by atoms with Crippen LogP contribution in [0.25, 0.3) is 5.69 Å². The van der Waals surface area contributed by atoms with E-state index in [9.17, 15) is 5.11 Å². The molecule has 0 spiro atoms. The molecule has 0 saturated heterocycles. The first-order valence-electron chi connectivity index (χ1n) is 6.00. The molecule has 2 nitrogen and oxygen atoms in total. The van der Waals surface area contributed by atoms with Crippen molar-refractivity contribution < 1.29 is 5.11 Å². The number of hydrogen-bond acceptors (Lipinski definition) is 1. The molecule has 1 aromatic heterocycles. The normalized spacial score (nSPS) is 18.7. The zero-order chi connectivity index (χ0) is 12.7. The van der Waals surface area contributed by atoms with Crippen LogP contribution in [0.4, 0.5) is 0 Å². The first-order valence-corrected chi connectivity index (χ1v) is 7.46. The zero-order valence-electron chi connectivity index (χ0n) is 9.74. The molecule has 1 aliphatic carbocycles. The Labute approximate surface area is 125 Å². The molecule has 0 amide bonds. The van der Waals surface area contributed by atoms with Gasteiger partial charge in [-0.2, -0.15) is 0 Å². The average Bonchev–Trinajstić information content (AvgIpc) is 2.74. The van der Waals surface area contributed by atoms with Crippen LogP contribution in [-0.2, 0) is 6.42 Å². The highest BCUT2D eigenvalue weighted by Crippen LogP contribution is 2.33. The fourth-order valence-corrected chi connectivity index (χ4v) is 3.52. The maximum Gasteiger partial charge on any atom is 0.0807 e. The van der Waals surface area contributed by atoms with Crippen molar-refractivity contribution in [2.24, 2.45) is 0 Å². The summed E-state index contributed by atoms with van der Waals surface area (Å²) in [5.41, 5.74) is 3.24. The summed E-state index contributed by atoms with van der Waals surface area (Å²) in [6, 6.07) is 8.05. The third kappa shape index (κ3) is 2.08. The Balaban J connectivity index is 2.12. The zero-order valence-corrected chi connectivity index (χ0v) is 12.6. The summed E-state index contributed by atoms with van der Waals surface area (Å²) in [7, 11) is 0. The highest BCUT2D eigenvalue weighted by molar-refractivity contribution is 14.1. The Morgan fingerprint density at radius 1 is 1.33 bits per heavy atom. The number of aliphatic hydroxyl groups excluding tert-OH is 1. The van der Waals surface area contributed by atoms with Gasteiger partial charge in [0, 0.05) is 21.0 Å². The molecule has 1 aliphatic rings. The summed E-state index contributed by atoms with van der Waals surface area (Å²) in [5, 5.41) is 10.7. The van der Waals surface area contributed by atoms with E-state index in [1.54, 1.807) is 0 Å². The van der Waals surface area contributed by atoms with Gasteiger partial charge >= 0.3 is 0 Å². The van der Waals surface area contributed by atoms with Gasteiger partial charge in [0.25, 0.3) is 0 Å². The van der Waals surface area contributed by atoms with E-state index in [0.717, 1.165) is 39.1 Å². The first-order chi connectivity index (χ1) is 8.66. The average molecular weight is 374 g/mol. The number of aliphatic hydroxyl groups is 1. The molecule has 1 aromatic carbocycles. The second-order valence-electron chi connectivity index (χ2n) is 4.59. The van der Waals surface area contributed by atoms with Crippen LogP contribution < -0.4 is 0 Å². The number of nitrogens with zero attached hydrogens (tertiary/aromatic N) is 1. The predicted octanol–water partition coefficient (Wildman–Crippen LogP) is 4.11. The van der Waals surface area contributed by atoms with E-state index in [1.165, 1.54) is 5.69 Å². The third-order valence-corrected chi connectivity index (χ3v) is 4.42. The molecule has 1 atom stereocenters. The Morgan fingerprint density at radius 2 is 2.17 bits per heavy atom. The van der Waals surface area contributed by atoms with Crippen LogP contribution >= 0.6 is 34.2 Å². The number of aromatic nitrogens is 1. The number of hydrogen-bond donors (Lipinski definition) is 1. The summed E-state index contributed by atoms with van der Waals surface area (Å²) in [6.45, 7) is 0. The lowest BCUT2D eigenvalue weighted by Gasteiger charge is -2.20. The number of halogens is 2. The molecular formula is C14H13ClINO. The standard InChI is InChI=1S/C14H13ClINO/c15-11-8-9(16)4-5-13(11)17-7-6-10-12(17)2-1-3-14(10)18/h4-8,14,18H,1-3H2. The van der Waals surface area contributed by atoms with E-state index in [4.69, 9.17) is 11.6 Å². The number of rotatable bonds is 1. The van der Waals surface area contributed by atoms with Crippen molar-refractivity contribution in [2.75, 3.05) is 0 Å². The fraction of sp³-hybridized carbons (Fsp3) is 0.286. The van der Waals surface area contributed by atoms with Crippen LogP contribution in [0.5, 0.6) is 0 Å². The van der Waals surface area contributed by atoms with Crippen LogP contribution in [-0.4, -0.2) is 9.67 Å². The molecule has 1 heterocycles. The van der Waals surface area contributed by atoms with Crippen molar-refractivity contribution in [3.63, 3.8) is 0 Å². The quantitative estimate of drug-likeness (QED) is 0.748. The Hall–Kier alpha value is -0.520. The molecule has 3 rings (SSSR count). The summed E-state index contributed by atoms with van der Waals surface area (Å²) in [6.07, 6.45) is 4.57. The van der Waals surface area contributed by atoms with Gasteiger partial charge in [0.05, 0.1) is 16.8 Å². The maximum atomic E-state index is 9.99. The van der Waals surface area contributed by atoms with Gasteiger partial charge < -0.3 is 9.67 Å². The summed E-state index contributed by atoms with van der Waals surface area (Å²) >= 11 is 8.56. The van der Waals surface area contributed by atoms with E-state index < -0.39 is 0 Å². The van der Waals surface area contributed by atoms with Crippen molar-refractivity contribution in [1.82, 2.24) is 4.57 Å². The number of fused-ring (bicyclic) bond motifs is 1. The van der Waals surface area contributed by atoms with Crippen molar-refractivity contribution in [3.05, 3.63) is 50.3 Å². The summed E-state index contributed by atoms with van der Waals surface area (Å²) in [5.74, 6) is 0. The van der Waals surface area contributed by atoms with E-state index in [1.807, 2.05) is 30.5 Å². The van der Waals surface area contributed by atoms with Gasteiger partial charge in [-0.15, -0.1) is 0 Å². The SMILES string of the molecule is OC1CCCc2c1ccn2-c1ccc(I)cc1Cl. The molecule has 0 saturated carbocycles. The van der Waals surface area contributed by atoms with Crippen LogP contribution in [0.15, 0.2) is 30.5 Å². The van der Waals surface area contributed by atoms with E-state index >= 15 is 0 Å². The molecule has 0 aliphatic heterocycles. The highest BCUT2D eigenvalue weighted by Gasteiger charge is 2.22. The van der Waals surface area contributed by atoms with Gasteiger partial charge in [0.1, 0.15) is 0 Å². The molecule has 1 N–H and O–H groups in total. The van der Waals surface area contributed by atoms with E-state index in [-0.39, 0.29) is 6.10 Å². The second kappa shape index (κ2) is 4.87. The fourth-order valence-electron chi connectivity index (χ4n) is 2.57. The largest absolute Gasteiger partial charge is 0.388 e. The van der Waals surface area contributed by atoms with Gasteiger partial charge in [0.15, 0.2) is 0 Å². The van der Waals surface area contributed by atoms with Gasteiger partial charge in [0.2, 0.25) is 0 Å². The minimum atomic E-state index is -0.322. The van der Waals surface area contributed by atoms with Crippen LogP contribution in [0.3, 0.4) is 0 Å². The summed E-state index contributed by atoms with van der Waals surface area (Å²) < 4.78 is 3.23. The maximum absolute atomic E-state index is 9.99. The first kappa shape index (κ1) is 12.5. The molecule has 0 radical (unpaired) electrons. The molecule has 0 fully saturated rings. The minimum Gasteiger partial charge on any atom is -0.388 e. The molecule has 2 aromatic rings. The molecule has 4 heteroatoms. The Morgan fingerprint density at radius 3 is 2.94 bits per heavy atom. The molecular weight excluding hydrogens is 361 g/mol. The van der Waals surface area contributed by atoms with Crippen molar-refractivity contribution >= 4 is 34.2 Å². The molecule has 0 bridgehead atoms. The van der Waals surface area contributed by atoms with Crippen molar-refractivity contribution in [1.29, 1.82) is 0 Å². The van der Waals surface area contributed by atoms with Crippen LogP contribution in [0, 0.1) is 3.57 Å². The monoisotopic (exact) mass is 373 g/mol. The smallest absolute Gasteiger partial charge is 0.0807 e. The van der Waals surface area contributed by atoms with Crippen molar-refractivity contribution in [2.45, 2.75) is 25.4 Å². The summed E-state index contributed by atoms with van der Waals surface area (Å²) in [4.78, 5) is 0. The third-order valence-electron chi connectivity index (χ3n) is 3.45. The van der Waals surface area contributed by atoms with Crippen LogP contribution in [0.1, 0.15) is 30.2 Å². The van der Waals surface area contributed by atoms with Crippen molar-refractivity contribution in [3.8, 4) is 5.69 Å². The Kier molecular flexibility index (Phi) is 3.38. The second-order valence-corrected chi connectivity index (χ2v) is 6.24. The van der Waals surface area contributed by atoms with Gasteiger partial charge in [-0.3, -0.25) is 0 Å². The van der Waals surface area contributed by atoms with E-state index in [0.29, 0.717) is 0 Å². The topological polar surface area (TPSA) is 25.2 Å². The molecule has 18 heavy (non-hydrogen) atoms. The van der Waals surface area contributed by atoms with Crippen LogP contribution in [0.2, 0.25) is 5.02 Å². The predicted molar refractivity (Wildman–Crippen MR) is 81.4 cm³/mol. The number of benzene rings is 1. The van der Waals surface area contributed by atoms with Gasteiger partial charge in [-0.25, -0.2) is 0 Å². The molecule has 1 unspecified atom stereocenters. The lowest BCUT2D eigenvalue weighted by atomic mass is 9.95. The van der Waals surface area contributed by atoms with E-state index in [2.05, 4.69) is 27.2 Å². The van der Waals surface area contributed by atoms with Gasteiger partial charge in [-0.05, 0) is 66.1 Å². The highest BCUT2D eigenvalue weighted by atomic mass is 127. The lowest BCUT2D eigenvalue weighted by molar-refractivity contribution is 0.156. The minimum absolute atomic E-state index is 0.322. The Bertz CT molecular complexity index is 593. The molecule has 94 valence electrons. The lowest BCUT2D eigenvalue weighted by Crippen LogP contribution is -2.11.